The van der Waals surface area contributed by atoms with E-state index in [9.17, 15) is 9.59 Å². The Balaban J connectivity index is 2.32. The van der Waals surface area contributed by atoms with Gasteiger partial charge in [-0.05, 0) is 19.3 Å². The molecule has 82 valence electrons. The lowest BCUT2D eigenvalue weighted by Gasteiger charge is -2.05. The fourth-order valence-electron chi connectivity index (χ4n) is 1.56. The number of halogens is 1. The highest BCUT2D eigenvalue weighted by atomic mass is 35.5. The minimum Gasteiger partial charge on any atom is -0.297 e. The van der Waals surface area contributed by atoms with Crippen LogP contribution in [-0.2, 0) is 6.54 Å². The standard InChI is InChI=1S/C10H13ClN2O2/c1-6-8(11)12-10(15)13(9(6)14)5-4-7-2-3-7/h7H,2-5H2,1H3,(H,12,15). The van der Waals surface area contributed by atoms with Crippen LogP contribution in [-0.4, -0.2) is 9.55 Å². The normalized spacial score (nSPS) is 15.6. The lowest BCUT2D eigenvalue weighted by Crippen LogP contribution is -2.36. The van der Waals surface area contributed by atoms with Crippen molar-refractivity contribution >= 4 is 11.6 Å². The molecule has 0 saturated heterocycles. The minimum atomic E-state index is -0.406. The van der Waals surface area contributed by atoms with Crippen molar-refractivity contribution in [1.82, 2.24) is 9.55 Å². The maximum Gasteiger partial charge on any atom is 0.329 e. The molecule has 0 atom stereocenters. The average Bonchev–Trinajstić information content (AvgIpc) is 2.98. The van der Waals surface area contributed by atoms with Gasteiger partial charge in [0.2, 0.25) is 0 Å². The second kappa shape index (κ2) is 3.85. The first kappa shape index (κ1) is 10.5. The second-order valence-corrected chi connectivity index (χ2v) is 4.44. The molecule has 15 heavy (non-hydrogen) atoms. The molecule has 4 nitrogen and oxygen atoms in total. The largest absolute Gasteiger partial charge is 0.329 e. The summed E-state index contributed by atoms with van der Waals surface area (Å²) in [6.45, 7) is 2.12. The topological polar surface area (TPSA) is 54.9 Å². The number of nitrogens with zero attached hydrogens (tertiary/aromatic N) is 1. The van der Waals surface area contributed by atoms with Gasteiger partial charge in [0.05, 0.1) is 0 Å². The quantitative estimate of drug-likeness (QED) is 0.793. The van der Waals surface area contributed by atoms with Gasteiger partial charge >= 0.3 is 5.69 Å². The Hall–Kier alpha value is -1.03. The Kier molecular flexibility index (Phi) is 2.69. The van der Waals surface area contributed by atoms with Gasteiger partial charge in [-0.15, -0.1) is 0 Å². The van der Waals surface area contributed by atoms with Gasteiger partial charge in [0.25, 0.3) is 5.56 Å². The predicted molar refractivity (Wildman–Crippen MR) is 58.4 cm³/mol. The minimum absolute atomic E-state index is 0.146. The molecule has 5 heteroatoms. The fraction of sp³-hybridized carbons (Fsp3) is 0.600. The monoisotopic (exact) mass is 228 g/mol. The van der Waals surface area contributed by atoms with Crippen LogP contribution in [0.15, 0.2) is 9.59 Å². The Morgan fingerprint density at radius 3 is 2.73 bits per heavy atom. The van der Waals surface area contributed by atoms with Crippen LogP contribution in [0.4, 0.5) is 0 Å². The maximum atomic E-state index is 11.7. The number of nitrogens with one attached hydrogen (secondary N) is 1. The lowest BCUT2D eigenvalue weighted by atomic mass is 10.3. The van der Waals surface area contributed by atoms with Gasteiger partial charge in [-0.2, -0.15) is 0 Å². The number of aromatic amines is 1. The maximum absolute atomic E-state index is 11.7. The van der Waals surface area contributed by atoms with E-state index in [2.05, 4.69) is 4.98 Å². The first-order valence-electron chi connectivity index (χ1n) is 5.09. The van der Waals surface area contributed by atoms with Crippen molar-refractivity contribution in [3.8, 4) is 0 Å². The van der Waals surface area contributed by atoms with Gasteiger partial charge in [0, 0.05) is 12.1 Å². The summed E-state index contributed by atoms with van der Waals surface area (Å²) in [6.07, 6.45) is 3.35. The highest BCUT2D eigenvalue weighted by Gasteiger charge is 2.21. The van der Waals surface area contributed by atoms with E-state index in [4.69, 9.17) is 11.6 Å². The molecule has 1 heterocycles. The van der Waals surface area contributed by atoms with Crippen molar-refractivity contribution in [2.45, 2.75) is 32.7 Å². The molecule has 0 aromatic carbocycles. The summed E-state index contributed by atoms with van der Waals surface area (Å²) in [4.78, 5) is 25.6. The van der Waals surface area contributed by atoms with Gasteiger partial charge in [0.1, 0.15) is 5.15 Å². The molecule has 1 N–H and O–H groups in total. The fourth-order valence-corrected chi connectivity index (χ4v) is 1.73. The molecular formula is C10H13ClN2O2. The summed E-state index contributed by atoms with van der Waals surface area (Å²) < 4.78 is 1.24. The van der Waals surface area contributed by atoms with Crippen molar-refractivity contribution in [3.05, 3.63) is 31.6 Å². The molecule has 0 aliphatic heterocycles. The molecule has 1 aliphatic rings. The molecule has 1 aromatic heterocycles. The van der Waals surface area contributed by atoms with E-state index in [1.807, 2.05) is 0 Å². The van der Waals surface area contributed by atoms with Crippen molar-refractivity contribution < 1.29 is 0 Å². The molecule has 1 saturated carbocycles. The summed E-state index contributed by atoms with van der Waals surface area (Å²) >= 11 is 5.70. The van der Waals surface area contributed by atoms with Gasteiger partial charge in [0.15, 0.2) is 0 Å². The predicted octanol–water partition coefficient (Wildman–Crippen LogP) is 1.30. The summed E-state index contributed by atoms with van der Waals surface area (Å²) in [5, 5.41) is 0.146. The number of rotatable bonds is 3. The first-order chi connectivity index (χ1) is 7.09. The smallest absolute Gasteiger partial charge is 0.297 e. The third kappa shape index (κ3) is 2.15. The Labute approximate surface area is 91.9 Å². The Morgan fingerprint density at radius 2 is 2.13 bits per heavy atom. The highest BCUT2D eigenvalue weighted by Crippen LogP contribution is 2.32. The van der Waals surface area contributed by atoms with E-state index >= 15 is 0 Å². The van der Waals surface area contributed by atoms with E-state index in [-0.39, 0.29) is 10.7 Å². The van der Waals surface area contributed by atoms with Crippen molar-refractivity contribution in [2.24, 2.45) is 5.92 Å². The molecule has 1 fully saturated rings. The molecule has 0 radical (unpaired) electrons. The van der Waals surface area contributed by atoms with Gasteiger partial charge in [-0.1, -0.05) is 24.4 Å². The van der Waals surface area contributed by atoms with Crippen LogP contribution in [0.5, 0.6) is 0 Å². The summed E-state index contributed by atoms with van der Waals surface area (Å²) in [5.74, 6) is 0.701. The van der Waals surface area contributed by atoms with Crippen LogP contribution in [0.25, 0.3) is 0 Å². The van der Waals surface area contributed by atoms with E-state index < -0.39 is 5.69 Å². The molecule has 0 amide bonds. The molecule has 2 rings (SSSR count). The molecule has 1 aliphatic carbocycles. The van der Waals surface area contributed by atoms with Crippen LogP contribution in [0.2, 0.25) is 5.15 Å². The molecule has 0 unspecified atom stereocenters. The third-order valence-electron chi connectivity index (χ3n) is 2.81. The Morgan fingerprint density at radius 1 is 1.47 bits per heavy atom. The van der Waals surface area contributed by atoms with E-state index in [1.165, 1.54) is 17.4 Å². The summed E-state index contributed by atoms with van der Waals surface area (Å²) in [7, 11) is 0. The van der Waals surface area contributed by atoms with Crippen LogP contribution in [0.1, 0.15) is 24.8 Å². The number of hydrogen-bond acceptors (Lipinski definition) is 2. The van der Waals surface area contributed by atoms with Gasteiger partial charge in [-0.25, -0.2) is 4.79 Å². The van der Waals surface area contributed by atoms with E-state index in [0.717, 1.165) is 6.42 Å². The third-order valence-corrected chi connectivity index (χ3v) is 3.19. The zero-order chi connectivity index (χ0) is 11.0. The molecule has 1 aromatic rings. The molecule has 0 bridgehead atoms. The highest BCUT2D eigenvalue weighted by molar-refractivity contribution is 6.30. The lowest BCUT2D eigenvalue weighted by molar-refractivity contribution is 0.554. The SMILES string of the molecule is Cc1c(Cl)[nH]c(=O)n(CCC2CC2)c1=O. The Bertz CT molecular complexity index is 485. The van der Waals surface area contributed by atoms with Crippen LogP contribution < -0.4 is 11.2 Å². The van der Waals surface area contributed by atoms with Gasteiger partial charge < -0.3 is 0 Å². The summed E-state index contributed by atoms with van der Waals surface area (Å²) in [5.41, 5.74) is -0.271. The van der Waals surface area contributed by atoms with E-state index in [0.29, 0.717) is 18.0 Å². The van der Waals surface area contributed by atoms with Crippen LogP contribution in [0, 0.1) is 12.8 Å². The van der Waals surface area contributed by atoms with Crippen LogP contribution >= 0.6 is 11.6 Å². The number of H-pyrrole nitrogens is 1. The first-order valence-corrected chi connectivity index (χ1v) is 5.46. The van der Waals surface area contributed by atoms with Crippen molar-refractivity contribution in [3.63, 3.8) is 0 Å². The van der Waals surface area contributed by atoms with E-state index in [1.54, 1.807) is 6.92 Å². The van der Waals surface area contributed by atoms with Crippen molar-refractivity contribution in [1.29, 1.82) is 0 Å². The van der Waals surface area contributed by atoms with Crippen molar-refractivity contribution in [2.75, 3.05) is 0 Å². The molecule has 0 spiro atoms. The average molecular weight is 229 g/mol. The number of aromatic nitrogens is 2. The zero-order valence-electron chi connectivity index (χ0n) is 8.55. The second-order valence-electron chi connectivity index (χ2n) is 4.06. The van der Waals surface area contributed by atoms with Crippen LogP contribution in [0.3, 0.4) is 0 Å². The molecular weight excluding hydrogens is 216 g/mol. The van der Waals surface area contributed by atoms with Gasteiger partial charge in [-0.3, -0.25) is 14.3 Å². The zero-order valence-corrected chi connectivity index (χ0v) is 9.30. The summed E-state index contributed by atoms with van der Waals surface area (Å²) in [6, 6.07) is 0. The number of hydrogen-bond donors (Lipinski definition) is 1.